The molecular formula is C13H29ClN2O2S. The van der Waals surface area contributed by atoms with Gasteiger partial charge in [0.15, 0.2) is 0 Å². The molecule has 1 fully saturated rings. The van der Waals surface area contributed by atoms with Gasteiger partial charge in [-0.3, -0.25) is 0 Å². The number of nitrogens with one attached hydrogen (secondary N) is 1. The Hall–Kier alpha value is 0.160. The Bertz CT molecular complexity index is 346. The zero-order valence-corrected chi connectivity index (χ0v) is 14.2. The zero-order valence-electron chi connectivity index (χ0n) is 12.6. The van der Waals surface area contributed by atoms with Crippen LogP contribution in [0.2, 0.25) is 0 Å². The second-order valence-corrected chi connectivity index (χ2v) is 8.33. The van der Waals surface area contributed by atoms with Crippen molar-refractivity contribution < 1.29 is 8.42 Å². The van der Waals surface area contributed by atoms with Crippen molar-refractivity contribution in [3.63, 3.8) is 0 Å². The molecule has 0 bridgehead atoms. The molecule has 6 heteroatoms. The maximum Gasteiger partial charge on any atom is 0.214 e. The van der Waals surface area contributed by atoms with E-state index in [0.717, 1.165) is 32.4 Å². The zero-order chi connectivity index (χ0) is 13.8. The number of sulfonamides is 1. The Kier molecular flexibility index (Phi) is 7.88. The molecule has 1 saturated heterocycles. The molecule has 1 aliphatic rings. The Morgan fingerprint density at radius 3 is 2.16 bits per heavy atom. The molecule has 0 unspecified atom stereocenters. The van der Waals surface area contributed by atoms with Crippen LogP contribution in [0.3, 0.4) is 0 Å². The van der Waals surface area contributed by atoms with Gasteiger partial charge in [-0.2, -0.15) is 4.31 Å². The highest BCUT2D eigenvalue weighted by Crippen LogP contribution is 2.23. The summed E-state index contributed by atoms with van der Waals surface area (Å²) < 4.78 is 26.8. The van der Waals surface area contributed by atoms with Gasteiger partial charge < -0.3 is 5.32 Å². The van der Waals surface area contributed by atoms with Gasteiger partial charge in [-0.15, -0.1) is 12.4 Å². The van der Waals surface area contributed by atoms with Crippen LogP contribution < -0.4 is 5.32 Å². The predicted molar refractivity (Wildman–Crippen MR) is 83.4 cm³/mol. The number of halogens is 1. The number of hydrogen-bond donors (Lipinski definition) is 1. The molecule has 19 heavy (non-hydrogen) atoms. The second-order valence-electron chi connectivity index (χ2n) is 6.41. The second kappa shape index (κ2) is 7.81. The molecule has 0 aliphatic carbocycles. The van der Waals surface area contributed by atoms with Crippen LogP contribution in [0.1, 0.15) is 47.0 Å². The normalized spacial score (nSPS) is 18.4. The Morgan fingerprint density at radius 2 is 1.74 bits per heavy atom. The summed E-state index contributed by atoms with van der Waals surface area (Å²) in [7, 11) is -3.14. The Morgan fingerprint density at radius 1 is 1.21 bits per heavy atom. The van der Waals surface area contributed by atoms with E-state index in [4.69, 9.17) is 0 Å². The molecule has 0 aromatic rings. The third-order valence-corrected chi connectivity index (χ3v) is 5.56. The molecular weight excluding hydrogens is 284 g/mol. The Labute approximate surface area is 124 Å². The molecule has 1 aliphatic heterocycles. The lowest BCUT2D eigenvalue weighted by Crippen LogP contribution is -2.48. The van der Waals surface area contributed by atoms with Crippen molar-refractivity contribution in [2.75, 3.05) is 25.4 Å². The maximum absolute atomic E-state index is 12.5. The third kappa shape index (κ3) is 6.43. The number of piperidine rings is 1. The first kappa shape index (κ1) is 19.2. The van der Waals surface area contributed by atoms with Crippen LogP contribution in [0.25, 0.3) is 0 Å². The van der Waals surface area contributed by atoms with Crippen LogP contribution in [0.5, 0.6) is 0 Å². The van der Waals surface area contributed by atoms with E-state index >= 15 is 0 Å². The first-order valence-electron chi connectivity index (χ1n) is 6.96. The Balaban J connectivity index is 0.00000324. The highest BCUT2D eigenvalue weighted by Gasteiger charge is 2.33. The topological polar surface area (TPSA) is 49.4 Å². The fourth-order valence-corrected chi connectivity index (χ4v) is 4.88. The third-order valence-electron chi connectivity index (χ3n) is 3.13. The van der Waals surface area contributed by atoms with Gasteiger partial charge in [0.05, 0.1) is 5.75 Å². The van der Waals surface area contributed by atoms with Crippen molar-refractivity contribution in [1.29, 1.82) is 0 Å². The van der Waals surface area contributed by atoms with E-state index in [9.17, 15) is 8.42 Å². The standard InChI is InChI=1S/C13H28N2O2S.ClH/c1-5-10-15(12-6-8-14-9-7-12)18(16,17)11-13(2,3)4;/h12,14H,5-11H2,1-4H3;1H. The van der Waals surface area contributed by atoms with Crippen LogP contribution in [-0.2, 0) is 10.0 Å². The minimum absolute atomic E-state index is 0. The van der Waals surface area contributed by atoms with Gasteiger partial charge in [-0.05, 0) is 37.8 Å². The highest BCUT2D eigenvalue weighted by molar-refractivity contribution is 7.89. The summed E-state index contributed by atoms with van der Waals surface area (Å²) in [6.45, 7) is 10.5. The summed E-state index contributed by atoms with van der Waals surface area (Å²) in [6, 6.07) is 0.193. The maximum atomic E-state index is 12.5. The molecule has 1 rings (SSSR count). The lowest BCUT2D eigenvalue weighted by molar-refractivity contribution is 0.259. The number of rotatable bonds is 5. The molecule has 1 N–H and O–H groups in total. The van der Waals surface area contributed by atoms with Gasteiger partial charge in [-0.1, -0.05) is 27.7 Å². The monoisotopic (exact) mass is 312 g/mol. The first-order valence-corrected chi connectivity index (χ1v) is 8.57. The van der Waals surface area contributed by atoms with Crippen LogP contribution in [0.15, 0.2) is 0 Å². The van der Waals surface area contributed by atoms with E-state index in [1.807, 2.05) is 27.7 Å². The van der Waals surface area contributed by atoms with E-state index < -0.39 is 10.0 Å². The highest BCUT2D eigenvalue weighted by atomic mass is 35.5. The summed E-state index contributed by atoms with van der Waals surface area (Å²) in [4.78, 5) is 0. The van der Waals surface area contributed by atoms with Gasteiger partial charge in [0.25, 0.3) is 0 Å². The molecule has 0 amide bonds. The molecule has 116 valence electrons. The lowest BCUT2D eigenvalue weighted by Gasteiger charge is -2.35. The number of hydrogen-bond acceptors (Lipinski definition) is 3. The molecule has 0 aromatic heterocycles. The van der Waals surface area contributed by atoms with E-state index in [0.29, 0.717) is 6.54 Å². The largest absolute Gasteiger partial charge is 0.317 e. The minimum Gasteiger partial charge on any atom is -0.317 e. The van der Waals surface area contributed by atoms with Crippen molar-refractivity contribution in [2.45, 2.75) is 53.0 Å². The first-order chi connectivity index (χ1) is 8.26. The summed E-state index contributed by atoms with van der Waals surface area (Å²) >= 11 is 0. The lowest BCUT2D eigenvalue weighted by atomic mass is 10.0. The van der Waals surface area contributed by atoms with Crippen molar-refractivity contribution in [3.8, 4) is 0 Å². The van der Waals surface area contributed by atoms with Crippen LogP contribution in [-0.4, -0.2) is 44.2 Å². The summed E-state index contributed by atoms with van der Waals surface area (Å²) in [5, 5.41) is 3.29. The van der Waals surface area contributed by atoms with Gasteiger partial charge in [0.1, 0.15) is 0 Å². The summed E-state index contributed by atoms with van der Waals surface area (Å²) in [6.07, 6.45) is 2.75. The van der Waals surface area contributed by atoms with Crippen molar-refractivity contribution >= 4 is 22.4 Å². The predicted octanol–water partition coefficient (Wildman–Crippen LogP) is 2.25. The van der Waals surface area contributed by atoms with Crippen LogP contribution in [0.4, 0.5) is 0 Å². The molecule has 0 radical (unpaired) electrons. The van der Waals surface area contributed by atoms with Crippen molar-refractivity contribution in [3.05, 3.63) is 0 Å². The molecule has 1 heterocycles. The molecule has 0 spiro atoms. The molecule has 0 saturated carbocycles. The van der Waals surface area contributed by atoms with Gasteiger partial charge in [-0.25, -0.2) is 8.42 Å². The molecule has 4 nitrogen and oxygen atoms in total. The fourth-order valence-electron chi connectivity index (χ4n) is 2.49. The van der Waals surface area contributed by atoms with Crippen molar-refractivity contribution in [2.24, 2.45) is 5.41 Å². The average molecular weight is 313 g/mol. The van der Waals surface area contributed by atoms with E-state index in [1.54, 1.807) is 4.31 Å². The quantitative estimate of drug-likeness (QED) is 0.847. The minimum atomic E-state index is -3.14. The smallest absolute Gasteiger partial charge is 0.214 e. The average Bonchev–Trinajstić information content (AvgIpc) is 2.23. The van der Waals surface area contributed by atoms with Crippen LogP contribution in [0, 0.1) is 5.41 Å². The van der Waals surface area contributed by atoms with Crippen LogP contribution >= 0.6 is 12.4 Å². The number of nitrogens with zero attached hydrogens (tertiary/aromatic N) is 1. The summed E-state index contributed by atoms with van der Waals surface area (Å²) in [5.41, 5.74) is -0.183. The fraction of sp³-hybridized carbons (Fsp3) is 1.00. The summed E-state index contributed by atoms with van der Waals surface area (Å²) in [5.74, 6) is 0.240. The van der Waals surface area contributed by atoms with E-state index in [2.05, 4.69) is 5.32 Å². The molecule has 0 aromatic carbocycles. The SMILES string of the molecule is CCCN(C1CCNCC1)S(=O)(=O)CC(C)(C)C.Cl. The van der Waals surface area contributed by atoms with Gasteiger partial charge in [0, 0.05) is 12.6 Å². The van der Waals surface area contributed by atoms with E-state index in [1.165, 1.54) is 0 Å². The van der Waals surface area contributed by atoms with Crippen molar-refractivity contribution in [1.82, 2.24) is 9.62 Å². The van der Waals surface area contributed by atoms with Gasteiger partial charge >= 0.3 is 0 Å². The molecule has 0 atom stereocenters. The van der Waals surface area contributed by atoms with Gasteiger partial charge in [0.2, 0.25) is 10.0 Å². The van der Waals surface area contributed by atoms with E-state index in [-0.39, 0.29) is 29.6 Å².